The third-order valence-electron chi connectivity index (χ3n) is 5.29. The third-order valence-corrected chi connectivity index (χ3v) is 5.58. The van der Waals surface area contributed by atoms with Gasteiger partial charge in [0.25, 0.3) is 5.91 Å². The standard InChI is InChI=1S/C22H14ClFN4O4/c23-14-6-3-7-17(18(14)24)28-19(29)12-4-1-2-5-13(12)22(28,31)11-8-9-15-16(10-11)27-21(26-15)32-20(25)30/h1-10,31H,(H2,25,30)(H,26,27). The van der Waals surface area contributed by atoms with Crippen LogP contribution >= 0.6 is 11.6 Å². The van der Waals surface area contributed by atoms with Crippen molar-refractivity contribution in [3.05, 3.63) is 88.2 Å². The van der Waals surface area contributed by atoms with E-state index in [1.54, 1.807) is 36.4 Å². The Bertz CT molecular complexity index is 1420. The highest BCUT2D eigenvalue weighted by Gasteiger charge is 2.51. The average molecular weight is 453 g/mol. The average Bonchev–Trinajstić information content (AvgIpc) is 3.26. The first kappa shape index (κ1) is 20.0. The van der Waals surface area contributed by atoms with Crippen molar-refractivity contribution in [2.24, 2.45) is 5.73 Å². The van der Waals surface area contributed by atoms with Gasteiger partial charge in [0.2, 0.25) is 0 Å². The SMILES string of the molecule is NC(=O)Oc1nc2ccc(C3(O)c4ccccc4C(=O)N3c3cccc(Cl)c3F)cc2[nH]1. The summed E-state index contributed by atoms with van der Waals surface area (Å²) in [7, 11) is 0. The largest absolute Gasteiger partial charge is 0.412 e. The number of hydrogen-bond acceptors (Lipinski definition) is 5. The monoisotopic (exact) mass is 452 g/mol. The summed E-state index contributed by atoms with van der Waals surface area (Å²) in [5.41, 5.74) is 4.36. The van der Waals surface area contributed by atoms with Gasteiger partial charge >= 0.3 is 12.1 Å². The summed E-state index contributed by atoms with van der Waals surface area (Å²) in [5.74, 6) is -1.43. The Morgan fingerprint density at radius 1 is 1.19 bits per heavy atom. The molecule has 1 aromatic heterocycles. The number of H-pyrrole nitrogens is 1. The highest BCUT2D eigenvalue weighted by molar-refractivity contribution is 6.31. The summed E-state index contributed by atoms with van der Waals surface area (Å²) in [4.78, 5) is 32.1. The number of ether oxygens (including phenoxy) is 1. The van der Waals surface area contributed by atoms with Gasteiger partial charge in [-0.1, -0.05) is 41.9 Å². The second-order valence-electron chi connectivity index (χ2n) is 7.13. The minimum absolute atomic E-state index is 0.128. The predicted octanol–water partition coefficient (Wildman–Crippen LogP) is 3.67. The highest BCUT2D eigenvalue weighted by atomic mass is 35.5. The van der Waals surface area contributed by atoms with Crippen molar-refractivity contribution in [3.63, 3.8) is 0 Å². The lowest BCUT2D eigenvalue weighted by Crippen LogP contribution is -2.45. The summed E-state index contributed by atoms with van der Waals surface area (Å²) in [6.45, 7) is 0. The number of primary amides is 1. The Morgan fingerprint density at radius 2 is 1.97 bits per heavy atom. The van der Waals surface area contributed by atoms with Crippen LogP contribution < -0.4 is 15.4 Å². The second-order valence-corrected chi connectivity index (χ2v) is 7.53. The van der Waals surface area contributed by atoms with E-state index in [9.17, 15) is 19.1 Å². The van der Waals surface area contributed by atoms with Crippen molar-refractivity contribution in [1.29, 1.82) is 0 Å². The van der Waals surface area contributed by atoms with Crippen LogP contribution in [-0.2, 0) is 5.72 Å². The maximum atomic E-state index is 15.0. The van der Waals surface area contributed by atoms with E-state index in [0.717, 1.165) is 4.90 Å². The fourth-order valence-corrected chi connectivity index (χ4v) is 4.11. The van der Waals surface area contributed by atoms with Crippen LogP contribution in [0, 0.1) is 5.82 Å². The van der Waals surface area contributed by atoms with Crippen molar-refractivity contribution in [1.82, 2.24) is 9.97 Å². The zero-order valence-corrected chi connectivity index (χ0v) is 16.9. The van der Waals surface area contributed by atoms with Gasteiger partial charge in [0, 0.05) is 16.7 Å². The normalized spacial score (nSPS) is 17.6. The van der Waals surface area contributed by atoms with Gasteiger partial charge in [0.1, 0.15) is 0 Å². The molecule has 0 fully saturated rings. The second kappa shape index (κ2) is 7.04. The molecule has 5 rings (SSSR count). The Hall–Kier alpha value is -3.95. The van der Waals surface area contributed by atoms with Crippen LogP contribution in [0.3, 0.4) is 0 Å². The zero-order valence-electron chi connectivity index (χ0n) is 16.2. The number of nitrogens with zero attached hydrogens (tertiary/aromatic N) is 2. The van der Waals surface area contributed by atoms with Crippen molar-refractivity contribution in [2.75, 3.05) is 4.90 Å². The zero-order chi connectivity index (χ0) is 22.6. The van der Waals surface area contributed by atoms with Crippen LogP contribution in [0.5, 0.6) is 6.01 Å². The summed E-state index contributed by atoms with van der Waals surface area (Å²) >= 11 is 5.95. The predicted molar refractivity (Wildman–Crippen MR) is 114 cm³/mol. The molecule has 0 radical (unpaired) electrons. The molecule has 0 bridgehead atoms. The van der Waals surface area contributed by atoms with E-state index in [0.29, 0.717) is 11.0 Å². The Labute approximate surface area is 185 Å². The number of halogens is 2. The molecule has 4 aromatic rings. The van der Waals surface area contributed by atoms with E-state index < -0.39 is 23.5 Å². The van der Waals surface area contributed by atoms with E-state index in [2.05, 4.69) is 9.97 Å². The molecule has 1 aliphatic rings. The number of aromatic amines is 1. The molecule has 3 aromatic carbocycles. The number of nitrogens with one attached hydrogen (secondary N) is 1. The highest BCUT2D eigenvalue weighted by Crippen LogP contribution is 2.46. The van der Waals surface area contributed by atoms with E-state index in [-0.39, 0.29) is 33.4 Å². The van der Waals surface area contributed by atoms with Crippen LogP contribution in [0.25, 0.3) is 11.0 Å². The fraction of sp³-hybridized carbons (Fsp3) is 0.0455. The first-order valence-electron chi connectivity index (χ1n) is 9.38. The van der Waals surface area contributed by atoms with Gasteiger partial charge in [-0.3, -0.25) is 9.69 Å². The number of nitrogens with two attached hydrogens (primary N) is 1. The Morgan fingerprint density at radius 3 is 2.75 bits per heavy atom. The van der Waals surface area contributed by atoms with Gasteiger partial charge in [-0.25, -0.2) is 9.18 Å². The molecular formula is C22H14ClFN4O4. The lowest BCUT2D eigenvalue weighted by Gasteiger charge is -2.35. The van der Waals surface area contributed by atoms with Crippen LogP contribution in [0.2, 0.25) is 5.02 Å². The molecule has 1 unspecified atom stereocenters. The Balaban J connectivity index is 1.74. The molecule has 2 amide bonds. The molecule has 1 aliphatic heterocycles. The maximum absolute atomic E-state index is 15.0. The number of aromatic nitrogens is 2. The molecule has 10 heteroatoms. The van der Waals surface area contributed by atoms with E-state index in [1.165, 1.54) is 24.3 Å². The van der Waals surface area contributed by atoms with Crippen molar-refractivity contribution >= 4 is 40.3 Å². The van der Waals surface area contributed by atoms with E-state index >= 15 is 0 Å². The molecule has 2 heterocycles. The Kier molecular flexibility index (Phi) is 4.40. The summed E-state index contributed by atoms with van der Waals surface area (Å²) < 4.78 is 19.7. The molecule has 4 N–H and O–H groups in total. The number of aliphatic hydroxyl groups is 1. The van der Waals surface area contributed by atoms with E-state index in [4.69, 9.17) is 22.1 Å². The number of imidazole rings is 1. The van der Waals surface area contributed by atoms with Crippen molar-refractivity contribution in [2.45, 2.75) is 5.72 Å². The number of fused-ring (bicyclic) bond motifs is 2. The number of amides is 2. The number of carbonyl (C=O) groups is 2. The van der Waals surface area contributed by atoms with Gasteiger partial charge < -0.3 is 20.6 Å². The van der Waals surface area contributed by atoms with Crippen LogP contribution in [-0.4, -0.2) is 27.1 Å². The summed E-state index contributed by atoms with van der Waals surface area (Å²) in [6, 6.07) is 15.2. The molecule has 1 atom stereocenters. The van der Waals surface area contributed by atoms with Gasteiger partial charge in [-0.2, -0.15) is 4.98 Å². The number of anilines is 1. The third kappa shape index (κ3) is 2.83. The van der Waals surface area contributed by atoms with Gasteiger partial charge in [0.15, 0.2) is 11.5 Å². The number of hydrogen-bond donors (Lipinski definition) is 3. The van der Waals surface area contributed by atoms with Crippen LogP contribution in [0.1, 0.15) is 21.5 Å². The first-order valence-corrected chi connectivity index (χ1v) is 9.76. The number of rotatable bonds is 3. The quantitative estimate of drug-likeness (QED) is 0.438. The van der Waals surface area contributed by atoms with Gasteiger partial charge in [-0.05, 0) is 30.3 Å². The first-order chi connectivity index (χ1) is 15.3. The molecule has 0 aliphatic carbocycles. The smallest absolute Gasteiger partial charge is 0.376 e. The summed E-state index contributed by atoms with van der Waals surface area (Å²) in [6.07, 6.45) is -1.04. The minimum atomic E-state index is -2.05. The minimum Gasteiger partial charge on any atom is -0.376 e. The molecule has 0 saturated carbocycles. The lowest BCUT2D eigenvalue weighted by molar-refractivity contribution is 0.0699. The molecular weight excluding hydrogens is 439 g/mol. The fourth-order valence-electron chi connectivity index (χ4n) is 3.94. The molecule has 32 heavy (non-hydrogen) atoms. The topological polar surface area (TPSA) is 122 Å². The molecule has 0 spiro atoms. The van der Waals surface area contributed by atoms with Crippen molar-refractivity contribution in [3.8, 4) is 6.01 Å². The van der Waals surface area contributed by atoms with Gasteiger partial charge in [0.05, 0.1) is 21.7 Å². The van der Waals surface area contributed by atoms with Crippen LogP contribution in [0.4, 0.5) is 14.9 Å². The number of carbonyl (C=O) groups excluding carboxylic acids is 2. The van der Waals surface area contributed by atoms with E-state index in [1.807, 2.05) is 0 Å². The molecule has 0 saturated heterocycles. The van der Waals surface area contributed by atoms with Crippen molar-refractivity contribution < 1.29 is 23.8 Å². The maximum Gasteiger partial charge on any atom is 0.412 e. The lowest BCUT2D eigenvalue weighted by atomic mass is 9.93. The molecule has 8 nitrogen and oxygen atoms in total. The van der Waals surface area contributed by atoms with Gasteiger partial charge in [-0.15, -0.1) is 0 Å². The number of benzene rings is 3. The summed E-state index contributed by atoms with van der Waals surface area (Å²) in [5, 5.41) is 11.8. The van der Waals surface area contributed by atoms with Crippen LogP contribution in [0.15, 0.2) is 60.7 Å². The molecule has 160 valence electrons.